The van der Waals surface area contributed by atoms with Gasteiger partial charge in [0.05, 0.1) is 25.4 Å². The molecular weight excluding hydrogens is 298 g/mol. The average molecular weight is 323 g/mol. The third-order valence-corrected chi connectivity index (χ3v) is 3.99. The first kappa shape index (κ1) is 19.1. The van der Waals surface area contributed by atoms with E-state index in [1.165, 1.54) is 13.3 Å². The van der Waals surface area contributed by atoms with Gasteiger partial charge in [0.1, 0.15) is 11.7 Å². The Kier molecular flexibility index (Phi) is 6.69. The van der Waals surface area contributed by atoms with Crippen LogP contribution in [0.2, 0.25) is 0 Å². The van der Waals surface area contributed by atoms with Crippen molar-refractivity contribution in [3.63, 3.8) is 0 Å². The second kappa shape index (κ2) is 8.06. The quantitative estimate of drug-likeness (QED) is 0.310. The van der Waals surface area contributed by atoms with Gasteiger partial charge in [0.15, 0.2) is 5.78 Å². The van der Waals surface area contributed by atoms with Crippen LogP contribution in [0.3, 0.4) is 0 Å². The molecule has 0 heterocycles. The monoisotopic (exact) mass is 323 g/mol. The molecule has 2 atom stereocenters. The van der Waals surface area contributed by atoms with E-state index in [1.54, 1.807) is 19.9 Å². The zero-order valence-corrected chi connectivity index (χ0v) is 13.9. The molecule has 1 aliphatic rings. The van der Waals surface area contributed by atoms with Crippen LogP contribution < -0.4 is 0 Å². The predicted molar refractivity (Wildman–Crippen MR) is 86.5 cm³/mol. The fourth-order valence-corrected chi connectivity index (χ4v) is 2.90. The van der Waals surface area contributed by atoms with Gasteiger partial charge in [-0.15, -0.1) is 6.58 Å². The van der Waals surface area contributed by atoms with Gasteiger partial charge in [-0.05, 0) is 24.5 Å². The maximum Gasteiger partial charge on any atom is 0.317 e. The van der Waals surface area contributed by atoms with Gasteiger partial charge in [-0.1, -0.05) is 19.9 Å². The highest BCUT2D eigenvalue weighted by Gasteiger charge is 2.49. The highest BCUT2D eigenvalue weighted by molar-refractivity contribution is 6.10. The summed E-state index contributed by atoms with van der Waals surface area (Å²) in [5.41, 5.74) is -0.620. The van der Waals surface area contributed by atoms with Crippen LogP contribution in [0.5, 0.6) is 0 Å². The van der Waals surface area contributed by atoms with E-state index in [0.29, 0.717) is 12.8 Å². The van der Waals surface area contributed by atoms with Gasteiger partial charge >= 0.3 is 5.97 Å². The molecule has 0 fully saturated rings. The minimum Gasteiger partial charge on any atom is -0.512 e. The van der Waals surface area contributed by atoms with Crippen molar-refractivity contribution in [2.75, 3.05) is 13.7 Å². The standard InChI is InChI=1S/C17H25NO5/c1-5-9-23-12(7-6-8-18)13-11(19)10-17(2,3)14(15(13)20)16(21)22-4/h5,8,12,14,18-19H,1,6-7,9-10H2,2-4H3. The topological polar surface area (TPSA) is 96.7 Å². The molecule has 0 spiro atoms. The van der Waals surface area contributed by atoms with Gasteiger partial charge in [-0.25, -0.2) is 0 Å². The van der Waals surface area contributed by atoms with Crippen LogP contribution in [-0.2, 0) is 19.1 Å². The van der Waals surface area contributed by atoms with Gasteiger partial charge in [-0.3, -0.25) is 9.59 Å². The Labute approximate surface area is 136 Å². The lowest BCUT2D eigenvalue weighted by atomic mass is 9.67. The third-order valence-electron chi connectivity index (χ3n) is 3.99. The molecule has 6 nitrogen and oxygen atoms in total. The van der Waals surface area contributed by atoms with Gasteiger partial charge in [0.25, 0.3) is 0 Å². The van der Waals surface area contributed by atoms with Crippen molar-refractivity contribution in [3.05, 3.63) is 24.0 Å². The first-order valence-electron chi connectivity index (χ1n) is 7.55. The number of Topliss-reactive ketones (excluding diaryl/α,β-unsaturated/α-hetero) is 1. The fraction of sp³-hybridized carbons (Fsp3) is 0.588. The molecule has 1 rings (SSSR count). The number of hydrogen-bond donors (Lipinski definition) is 2. The second-order valence-electron chi connectivity index (χ2n) is 6.24. The Hall–Kier alpha value is -1.95. The molecule has 0 saturated heterocycles. The number of ether oxygens (including phenoxy) is 2. The third kappa shape index (κ3) is 4.28. The molecular formula is C17H25NO5. The number of carbonyl (C=O) groups excluding carboxylic acids is 2. The number of carbonyl (C=O) groups is 2. The molecule has 0 amide bonds. The summed E-state index contributed by atoms with van der Waals surface area (Å²) in [6.45, 7) is 7.27. The van der Waals surface area contributed by atoms with Crippen molar-refractivity contribution in [2.24, 2.45) is 11.3 Å². The zero-order chi connectivity index (χ0) is 17.6. The molecule has 2 unspecified atom stereocenters. The molecule has 0 aromatic heterocycles. The van der Waals surface area contributed by atoms with E-state index in [4.69, 9.17) is 14.9 Å². The Morgan fingerprint density at radius 2 is 2.22 bits per heavy atom. The van der Waals surface area contributed by atoms with Crippen LogP contribution in [0.15, 0.2) is 24.0 Å². The summed E-state index contributed by atoms with van der Waals surface area (Å²) in [6, 6.07) is 0. The first-order valence-corrected chi connectivity index (χ1v) is 7.55. The molecule has 0 aromatic carbocycles. The average Bonchev–Trinajstić information content (AvgIpc) is 2.47. The first-order chi connectivity index (χ1) is 10.8. The van der Waals surface area contributed by atoms with Gasteiger partial charge < -0.3 is 20.0 Å². The van der Waals surface area contributed by atoms with Crippen molar-refractivity contribution >= 4 is 18.0 Å². The van der Waals surface area contributed by atoms with Crippen molar-refractivity contribution in [1.29, 1.82) is 5.41 Å². The second-order valence-corrected chi connectivity index (χ2v) is 6.24. The Bertz CT molecular complexity index is 509. The Balaban J connectivity index is 3.23. The van der Waals surface area contributed by atoms with Crippen molar-refractivity contribution in [1.82, 2.24) is 0 Å². The highest BCUT2D eigenvalue weighted by Crippen LogP contribution is 2.42. The maximum absolute atomic E-state index is 12.8. The number of methoxy groups -OCH3 is 1. The summed E-state index contributed by atoms with van der Waals surface area (Å²) in [7, 11) is 1.24. The minimum atomic E-state index is -0.979. The lowest BCUT2D eigenvalue weighted by Gasteiger charge is -2.37. The molecule has 0 aliphatic heterocycles. The van der Waals surface area contributed by atoms with Gasteiger partial charge in [0, 0.05) is 6.42 Å². The minimum absolute atomic E-state index is 0.0563. The van der Waals surface area contributed by atoms with Crippen LogP contribution in [0, 0.1) is 16.7 Å². The summed E-state index contributed by atoms with van der Waals surface area (Å²) in [5.74, 6) is -2.11. The summed E-state index contributed by atoms with van der Waals surface area (Å²) >= 11 is 0. The molecule has 128 valence electrons. The molecule has 23 heavy (non-hydrogen) atoms. The van der Waals surface area contributed by atoms with Gasteiger partial charge in [-0.2, -0.15) is 0 Å². The van der Waals surface area contributed by atoms with Crippen molar-refractivity contribution in [3.8, 4) is 0 Å². The van der Waals surface area contributed by atoms with Crippen LogP contribution in [0.25, 0.3) is 0 Å². The Morgan fingerprint density at radius 1 is 1.57 bits per heavy atom. The number of aliphatic hydroxyl groups excluding tert-OH is 1. The normalized spacial score (nSPS) is 21.7. The number of nitrogens with one attached hydrogen (secondary N) is 1. The number of ketones is 1. The molecule has 6 heteroatoms. The van der Waals surface area contributed by atoms with E-state index in [1.807, 2.05) is 0 Å². The van der Waals surface area contributed by atoms with E-state index in [2.05, 4.69) is 6.58 Å². The molecule has 2 N–H and O–H groups in total. The van der Waals surface area contributed by atoms with E-state index in [9.17, 15) is 14.7 Å². The smallest absolute Gasteiger partial charge is 0.317 e. The van der Waals surface area contributed by atoms with Crippen LogP contribution >= 0.6 is 0 Å². The van der Waals surface area contributed by atoms with Crippen LogP contribution in [-0.4, -0.2) is 42.9 Å². The number of rotatable bonds is 8. The summed E-state index contributed by atoms with van der Waals surface area (Å²) in [5, 5.41) is 17.5. The number of aliphatic hydroxyl groups is 1. The van der Waals surface area contributed by atoms with Crippen LogP contribution in [0.4, 0.5) is 0 Å². The van der Waals surface area contributed by atoms with E-state index in [0.717, 1.165) is 0 Å². The summed E-state index contributed by atoms with van der Waals surface area (Å²) in [4.78, 5) is 24.9. The highest BCUT2D eigenvalue weighted by atomic mass is 16.5. The maximum atomic E-state index is 12.8. The number of hydrogen-bond acceptors (Lipinski definition) is 6. The molecule has 0 radical (unpaired) electrons. The largest absolute Gasteiger partial charge is 0.512 e. The summed E-state index contributed by atoms with van der Waals surface area (Å²) in [6.07, 6.45) is 3.05. The van der Waals surface area contributed by atoms with E-state index >= 15 is 0 Å². The lowest BCUT2D eigenvalue weighted by Crippen LogP contribution is -2.45. The van der Waals surface area contributed by atoms with Crippen molar-refractivity contribution < 1.29 is 24.2 Å². The lowest BCUT2D eigenvalue weighted by molar-refractivity contribution is -0.154. The molecule has 0 bridgehead atoms. The molecule has 1 aliphatic carbocycles. The van der Waals surface area contributed by atoms with Crippen LogP contribution in [0.1, 0.15) is 33.1 Å². The van der Waals surface area contributed by atoms with Gasteiger partial charge in [0.2, 0.25) is 0 Å². The fourth-order valence-electron chi connectivity index (χ4n) is 2.90. The SMILES string of the molecule is C=CCOC(CCC=N)C1=C(O)CC(C)(C)C(C(=O)OC)C1=O. The zero-order valence-electron chi connectivity index (χ0n) is 13.9. The summed E-state index contributed by atoms with van der Waals surface area (Å²) < 4.78 is 10.4. The Morgan fingerprint density at radius 3 is 2.74 bits per heavy atom. The molecule has 0 saturated carbocycles. The predicted octanol–water partition coefficient (Wildman–Crippen LogP) is 2.59. The number of allylic oxidation sites excluding steroid dienone is 1. The molecule has 0 aromatic rings. The van der Waals surface area contributed by atoms with E-state index in [-0.39, 0.29) is 24.4 Å². The van der Waals surface area contributed by atoms with Crippen molar-refractivity contribution in [2.45, 2.75) is 39.2 Å². The van der Waals surface area contributed by atoms with E-state index < -0.39 is 29.2 Å². The number of esters is 1.